The number of hydrogen-bond acceptors (Lipinski definition) is 4. The van der Waals surface area contributed by atoms with Crippen molar-refractivity contribution in [1.29, 1.82) is 0 Å². The molecular formula is C14H20O4. The monoisotopic (exact) mass is 252 g/mol. The van der Waals surface area contributed by atoms with Gasteiger partial charge in [0.15, 0.2) is 0 Å². The van der Waals surface area contributed by atoms with Crippen molar-refractivity contribution in [3.8, 4) is 5.75 Å². The average molecular weight is 252 g/mol. The summed E-state index contributed by atoms with van der Waals surface area (Å²) in [6, 6.07) is 7.48. The van der Waals surface area contributed by atoms with Gasteiger partial charge in [0.2, 0.25) is 0 Å². The molecule has 0 radical (unpaired) electrons. The van der Waals surface area contributed by atoms with E-state index < -0.39 is 0 Å². The second-order valence-electron chi connectivity index (χ2n) is 3.97. The Bertz CT molecular complexity index is 372. The number of methoxy groups -OCH3 is 2. The van der Waals surface area contributed by atoms with Gasteiger partial charge in [-0.1, -0.05) is 12.1 Å². The van der Waals surface area contributed by atoms with Crippen molar-refractivity contribution in [2.24, 2.45) is 5.92 Å². The lowest BCUT2D eigenvalue weighted by Crippen LogP contribution is -2.23. The second-order valence-corrected chi connectivity index (χ2v) is 3.97. The van der Waals surface area contributed by atoms with Crippen LogP contribution in [0.25, 0.3) is 0 Å². The van der Waals surface area contributed by atoms with Gasteiger partial charge < -0.3 is 14.2 Å². The van der Waals surface area contributed by atoms with Crippen molar-refractivity contribution >= 4 is 5.97 Å². The molecule has 0 saturated heterocycles. The van der Waals surface area contributed by atoms with Crippen LogP contribution in [0.2, 0.25) is 0 Å². The quantitative estimate of drug-likeness (QED) is 0.730. The maximum absolute atomic E-state index is 11.7. The van der Waals surface area contributed by atoms with E-state index in [-0.39, 0.29) is 18.0 Å². The Labute approximate surface area is 108 Å². The summed E-state index contributed by atoms with van der Waals surface area (Å²) in [6.45, 7) is 3.97. The largest absolute Gasteiger partial charge is 0.497 e. The minimum absolute atomic E-state index is 0.250. The minimum atomic E-state index is -0.344. The molecule has 4 nitrogen and oxygen atoms in total. The van der Waals surface area contributed by atoms with Gasteiger partial charge in [0.05, 0.1) is 25.7 Å². The van der Waals surface area contributed by atoms with E-state index in [1.165, 1.54) is 0 Å². The molecule has 0 aromatic heterocycles. The fourth-order valence-corrected chi connectivity index (χ4v) is 1.82. The molecule has 2 atom stereocenters. The predicted molar refractivity (Wildman–Crippen MR) is 68.5 cm³/mol. The van der Waals surface area contributed by atoms with Gasteiger partial charge >= 0.3 is 5.97 Å². The summed E-state index contributed by atoms with van der Waals surface area (Å²) in [7, 11) is 3.20. The second kappa shape index (κ2) is 7.01. The number of rotatable bonds is 6. The predicted octanol–water partition coefficient (Wildman–Crippen LogP) is 2.58. The zero-order valence-electron chi connectivity index (χ0n) is 11.3. The Morgan fingerprint density at radius 1 is 1.22 bits per heavy atom. The first-order chi connectivity index (χ1) is 8.63. The summed E-state index contributed by atoms with van der Waals surface area (Å²) in [5, 5.41) is 0. The van der Waals surface area contributed by atoms with Crippen LogP contribution < -0.4 is 4.74 Å². The molecule has 4 heteroatoms. The van der Waals surface area contributed by atoms with Gasteiger partial charge in [-0.25, -0.2) is 0 Å². The van der Waals surface area contributed by atoms with Crippen molar-refractivity contribution in [1.82, 2.24) is 0 Å². The van der Waals surface area contributed by atoms with Crippen molar-refractivity contribution in [3.63, 3.8) is 0 Å². The lowest BCUT2D eigenvalue weighted by atomic mass is 9.97. The molecule has 100 valence electrons. The molecule has 1 aromatic carbocycles. The van der Waals surface area contributed by atoms with Crippen LogP contribution in [0.15, 0.2) is 24.3 Å². The number of benzene rings is 1. The highest BCUT2D eigenvalue weighted by atomic mass is 16.5. The van der Waals surface area contributed by atoms with Crippen LogP contribution in [0.1, 0.15) is 25.5 Å². The SMILES string of the molecule is CCOC(=O)C(C)C(OC)c1ccc(OC)cc1. The maximum atomic E-state index is 11.7. The Hall–Kier alpha value is -1.55. The van der Waals surface area contributed by atoms with Crippen LogP contribution >= 0.6 is 0 Å². The Morgan fingerprint density at radius 2 is 1.83 bits per heavy atom. The van der Waals surface area contributed by atoms with Crippen LogP contribution in [0.3, 0.4) is 0 Å². The average Bonchev–Trinajstić information content (AvgIpc) is 2.40. The van der Waals surface area contributed by atoms with Crippen LogP contribution in [-0.2, 0) is 14.3 Å². The third-order valence-electron chi connectivity index (χ3n) is 2.81. The van der Waals surface area contributed by atoms with Gasteiger partial charge in [0, 0.05) is 7.11 Å². The van der Waals surface area contributed by atoms with E-state index in [9.17, 15) is 4.79 Å². The zero-order valence-corrected chi connectivity index (χ0v) is 11.3. The lowest BCUT2D eigenvalue weighted by Gasteiger charge is -2.21. The molecule has 0 aliphatic rings. The molecule has 0 amide bonds. The molecule has 2 unspecified atom stereocenters. The molecule has 0 spiro atoms. The molecule has 0 saturated carbocycles. The lowest BCUT2D eigenvalue weighted by molar-refractivity contribution is -0.152. The fourth-order valence-electron chi connectivity index (χ4n) is 1.82. The third-order valence-corrected chi connectivity index (χ3v) is 2.81. The van der Waals surface area contributed by atoms with Crippen molar-refractivity contribution in [3.05, 3.63) is 29.8 Å². The summed E-state index contributed by atoms with van der Waals surface area (Å²) < 4.78 is 15.5. The first kappa shape index (κ1) is 14.5. The molecule has 1 aromatic rings. The molecule has 1 rings (SSSR count). The zero-order chi connectivity index (χ0) is 13.5. The summed E-state index contributed by atoms with van der Waals surface area (Å²) in [5.41, 5.74) is 0.929. The molecule has 0 N–H and O–H groups in total. The summed E-state index contributed by atoms with van der Waals surface area (Å²) in [5.74, 6) is 0.181. The van der Waals surface area contributed by atoms with E-state index in [1.54, 1.807) is 28.1 Å². The number of ether oxygens (including phenoxy) is 3. The maximum Gasteiger partial charge on any atom is 0.311 e. The molecule has 0 aliphatic carbocycles. The molecule has 0 bridgehead atoms. The van der Waals surface area contributed by atoms with Gasteiger partial charge in [-0.05, 0) is 31.5 Å². The van der Waals surface area contributed by atoms with E-state index in [2.05, 4.69) is 0 Å². The topological polar surface area (TPSA) is 44.8 Å². The highest BCUT2D eigenvalue weighted by Crippen LogP contribution is 2.27. The first-order valence-corrected chi connectivity index (χ1v) is 5.97. The molecule has 0 heterocycles. The summed E-state index contributed by atoms with van der Waals surface area (Å²) in [4.78, 5) is 11.7. The van der Waals surface area contributed by atoms with Crippen molar-refractivity contribution in [2.45, 2.75) is 20.0 Å². The molecule has 18 heavy (non-hydrogen) atoms. The summed E-state index contributed by atoms with van der Waals surface area (Å²) in [6.07, 6.45) is -0.310. The van der Waals surface area contributed by atoms with E-state index in [1.807, 2.05) is 24.3 Å². The smallest absolute Gasteiger partial charge is 0.311 e. The van der Waals surface area contributed by atoms with Gasteiger partial charge in [-0.15, -0.1) is 0 Å². The fraction of sp³-hybridized carbons (Fsp3) is 0.500. The van der Waals surface area contributed by atoms with E-state index in [0.29, 0.717) is 6.61 Å². The Morgan fingerprint density at radius 3 is 2.28 bits per heavy atom. The van der Waals surface area contributed by atoms with Gasteiger partial charge in [-0.3, -0.25) is 4.79 Å². The Kier molecular flexibility index (Phi) is 5.65. The highest BCUT2D eigenvalue weighted by Gasteiger charge is 2.26. The first-order valence-electron chi connectivity index (χ1n) is 5.97. The molecule has 0 fully saturated rings. The van der Waals surface area contributed by atoms with Crippen LogP contribution in [-0.4, -0.2) is 26.8 Å². The van der Waals surface area contributed by atoms with Gasteiger partial charge in [0.1, 0.15) is 5.75 Å². The van der Waals surface area contributed by atoms with Gasteiger partial charge in [0.25, 0.3) is 0 Å². The van der Waals surface area contributed by atoms with Crippen LogP contribution in [0.4, 0.5) is 0 Å². The highest BCUT2D eigenvalue weighted by molar-refractivity contribution is 5.73. The summed E-state index contributed by atoms with van der Waals surface area (Å²) >= 11 is 0. The number of carbonyl (C=O) groups is 1. The standard InChI is InChI=1S/C14H20O4/c1-5-18-14(15)10(2)13(17-4)11-6-8-12(16-3)9-7-11/h6-10,13H,5H2,1-4H3. The number of carbonyl (C=O) groups excluding carboxylic acids is 1. The normalized spacial score (nSPS) is 13.8. The van der Waals surface area contributed by atoms with Crippen LogP contribution in [0, 0.1) is 5.92 Å². The van der Waals surface area contributed by atoms with Crippen molar-refractivity contribution < 1.29 is 19.0 Å². The third kappa shape index (κ3) is 3.47. The minimum Gasteiger partial charge on any atom is -0.497 e. The van der Waals surface area contributed by atoms with Crippen LogP contribution in [0.5, 0.6) is 5.75 Å². The molecular weight excluding hydrogens is 232 g/mol. The van der Waals surface area contributed by atoms with E-state index in [0.717, 1.165) is 11.3 Å². The van der Waals surface area contributed by atoms with E-state index >= 15 is 0 Å². The van der Waals surface area contributed by atoms with Gasteiger partial charge in [-0.2, -0.15) is 0 Å². The van der Waals surface area contributed by atoms with Crippen molar-refractivity contribution in [2.75, 3.05) is 20.8 Å². The van der Waals surface area contributed by atoms with E-state index in [4.69, 9.17) is 14.2 Å². The molecule has 0 aliphatic heterocycles. The number of esters is 1. The number of hydrogen-bond donors (Lipinski definition) is 0. The Balaban J connectivity index is 2.84.